The van der Waals surface area contributed by atoms with Crippen molar-refractivity contribution < 1.29 is 40.7 Å². The van der Waals surface area contributed by atoms with E-state index in [1.807, 2.05) is 41.6 Å². The third-order valence-electron chi connectivity index (χ3n) is 5.27. The molecule has 216 valence electrons. The van der Waals surface area contributed by atoms with Crippen molar-refractivity contribution in [2.75, 3.05) is 18.4 Å². The molecule has 0 bridgehead atoms. The molecular formula is C22H22F4IN7O5S. The first kappa shape index (κ1) is 31.1. The number of amides is 1. The number of alkyl halides is 3. The number of carboxylic acids is 1. The van der Waals surface area contributed by atoms with Crippen molar-refractivity contribution >= 4 is 50.3 Å². The minimum Gasteiger partial charge on any atom is -0.480 e. The fourth-order valence-corrected chi connectivity index (χ4v) is 5.17. The van der Waals surface area contributed by atoms with E-state index < -0.39 is 56.9 Å². The van der Waals surface area contributed by atoms with Crippen molar-refractivity contribution in [1.29, 1.82) is 0 Å². The molecule has 2 heterocycles. The maximum Gasteiger partial charge on any atom is 0.419 e. The Labute approximate surface area is 238 Å². The number of carbonyl (C=O) groups excluding carboxylic acids is 1. The second kappa shape index (κ2) is 12.9. The van der Waals surface area contributed by atoms with Gasteiger partial charge in [0.1, 0.15) is 21.4 Å². The smallest absolute Gasteiger partial charge is 0.419 e. The van der Waals surface area contributed by atoms with Crippen molar-refractivity contribution in [2.24, 2.45) is 0 Å². The van der Waals surface area contributed by atoms with E-state index in [0.29, 0.717) is 41.2 Å². The standard InChI is InChI=1S/C22H22F4IN7O5S/c1-12-5-7-29-17(9-12)28-6-2-8-34-19(27)18(31-33-34)20(35)30-11-16(21(36)37)32-40(38,39)13-3-4-15(23)14(10-13)22(24,25)26/h3-5,7,9-10,16,32H,2,6,8,11H2,1H3,(H,28,29)(H,30,35)(H,36,37)/t16-/m0/s1. The molecule has 18 heteroatoms. The third kappa shape index (κ3) is 8.07. The van der Waals surface area contributed by atoms with Crippen LogP contribution in [0.1, 0.15) is 28.0 Å². The first-order valence-corrected chi connectivity index (χ1v) is 13.9. The number of hydrogen-bond acceptors (Lipinski definition) is 8. The van der Waals surface area contributed by atoms with Crippen LogP contribution >= 0.6 is 22.6 Å². The minimum atomic E-state index is -5.18. The topological polar surface area (TPSA) is 168 Å². The first-order valence-electron chi connectivity index (χ1n) is 11.3. The van der Waals surface area contributed by atoms with Crippen molar-refractivity contribution in [3.8, 4) is 0 Å². The molecule has 40 heavy (non-hydrogen) atoms. The number of aryl methyl sites for hydroxylation is 2. The van der Waals surface area contributed by atoms with Crippen LogP contribution in [0.4, 0.5) is 23.4 Å². The summed E-state index contributed by atoms with van der Waals surface area (Å²) in [7, 11) is -4.85. The molecule has 0 fully saturated rings. The van der Waals surface area contributed by atoms with E-state index in [4.69, 9.17) is 0 Å². The molecule has 1 atom stereocenters. The van der Waals surface area contributed by atoms with Gasteiger partial charge in [0.25, 0.3) is 5.91 Å². The number of sulfonamides is 1. The summed E-state index contributed by atoms with van der Waals surface area (Å²) in [5.41, 5.74) is -0.937. The van der Waals surface area contributed by atoms with Gasteiger partial charge in [-0.2, -0.15) is 17.9 Å². The summed E-state index contributed by atoms with van der Waals surface area (Å²) in [6.07, 6.45) is -2.91. The second-order valence-electron chi connectivity index (χ2n) is 8.31. The Morgan fingerprint density at radius 1 is 1.20 bits per heavy atom. The van der Waals surface area contributed by atoms with E-state index in [9.17, 15) is 40.7 Å². The van der Waals surface area contributed by atoms with Gasteiger partial charge in [-0.1, -0.05) is 5.21 Å². The fraction of sp³-hybridized carbons (Fsp3) is 0.318. The molecule has 0 spiro atoms. The Morgan fingerprint density at radius 2 is 1.93 bits per heavy atom. The number of aliphatic carboxylic acids is 1. The number of anilines is 1. The van der Waals surface area contributed by atoms with Crippen molar-refractivity contribution in [3.05, 3.63) is 62.9 Å². The Morgan fingerprint density at radius 3 is 2.58 bits per heavy atom. The molecular weight excluding hydrogens is 677 g/mol. The van der Waals surface area contributed by atoms with Crippen LogP contribution in [0, 0.1) is 16.4 Å². The molecule has 0 radical (unpaired) electrons. The Bertz CT molecular complexity index is 1500. The maximum atomic E-state index is 13.5. The lowest BCUT2D eigenvalue weighted by molar-refractivity contribution is -0.140. The lowest BCUT2D eigenvalue weighted by Crippen LogP contribution is -2.48. The molecule has 0 aliphatic carbocycles. The molecule has 1 amide bonds. The molecule has 0 unspecified atom stereocenters. The summed E-state index contributed by atoms with van der Waals surface area (Å²) in [4.78, 5) is 27.4. The molecule has 3 rings (SSSR count). The van der Waals surface area contributed by atoms with Gasteiger partial charge in [0.2, 0.25) is 10.0 Å². The number of rotatable bonds is 12. The highest BCUT2D eigenvalue weighted by atomic mass is 127. The van der Waals surface area contributed by atoms with Gasteiger partial charge in [0.15, 0.2) is 5.69 Å². The summed E-state index contributed by atoms with van der Waals surface area (Å²) in [6, 6.07) is 2.67. The fourth-order valence-electron chi connectivity index (χ4n) is 3.26. The van der Waals surface area contributed by atoms with Crippen LogP contribution in [0.15, 0.2) is 41.4 Å². The first-order chi connectivity index (χ1) is 18.7. The molecule has 1 aromatic carbocycles. The van der Waals surface area contributed by atoms with E-state index >= 15 is 0 Å². The number of benzene rings is 1. The normalized spacial score (nSPS) is 12.7. The van der Waals surface area contributed by atoms with Gasteiger partial charge < -0.3 is 15.7 Å². The SMILES string of the molecule is Cc1ccnc(NCCCn2nnc(C(=O)NC[C@H](NS(=O)(=O)c3ccc(F)c(C(F)(F)F)c3)C(=O)O)c2I)c1. The number of carboxylic acid groups (broad SMARTS) is 1. The number of hydrogen-bond donors (Lipinski definition) is 4. The zero-order valence-corrected chi connectivity index (χ0v) is 23.5. The molecule has 0 saturated heterocycles. The summed E-state index contributed by atoms with van der Waals surface area (Å²) in [5, 5.41) is 22.5. The van der Waals surface area contributed by atoms with Gasteiger partial charge in [-0.25, -0.2) is 22.5 Å². The lowest BCUT2D eigenvalue weighted by atomic mass is 10.2. The molecule has 3 aromatic rings. The number of aromatic nitrogens is 4. The van der Waals surface area contributed by atoms with Gasteiger partial charge in [0, 0.05) is 25.8 Å². The van der Waals surface area contributed by atoms with E-state index in [2.05, 4.69) is 25.9 Å². The Balaban J connectivity index is 1.60. The summed E-state index contributed by atoms with van der Waals surface area (Å²) >= 11 is 1.83. The van der Waals surface area contributed by atoms with Gasteiger partial charge in [-0.3, -0.25) is 9.59 Å². The van der Waals surface area contributed by atoms with Crippen LogP contribution in [0.2, 0.25) is 0 Å². The molecule has 12 nitrogen and oxygen atoms in total. The summed E-state index contributed by atoms with van der Waals surface area (Å²) in [5.74, 6) is -3.58. The minimum absolute atomic E-state index is 0.0444. The van der Waals surface area contributed by atoms with Crippen LogP contribution in [0.25, 0.3) is 0 Å². The molecule has 0 aliphatic rings. The molecule has 0 saturated carbocycles. The van der Waals surface area contributed by atoms with Gasteiger partial charge in [-0.15, -0.1) is 5.10 Å². The van der Waals surface area contributed by atoms with E-state index in [-0.39, 0.29) is 11.8 Å². The largest absolute Gasteiger partial charge is 0.480 e. The van der Waals surface area contributed by atoms with Gasteiger partial charge in [0.05, 0.1) is 10.5 Å². The maximum absolute atomic E-state index is 13.5. The van der Waals surface area contributed by atoms with E-state index in [1.54, 1.807) is 10.9 Å². The van der Waals surface area contributed by atoms with Crippen LogP contribution in [0.3, 0.4) is 0 Å². The predicted octanol–water partition coefficient (Wildman–Crippen LogP) is 2.41. The Hall–Kier alpha value is -3.39. The zero-order chi connectivity index (χ0) is 29.7. The summed E-state index contributed by atoms with van der Waals surface area (Å²) in [6.45, 7) is 2.08. The van der Waals surface area contributed by atoms with Crippen LogP contribution in [0.5, 0.6) is 0 Å². The third-order valence-corrected chi connectivity index (χ3v) is 7.81. The predicted molar refractivity (Wildman–Crippen MR) is 140 cm³/mol. The average Bonchev–Trinajstić information content (AvgIpc) is 3.23. The van der Waals surface area contributed by atoms with Crippen molar-refractivity contribution in [3.63, 3.8) is 0 Å². The molecule has 4 N–H and O–H groups in total. The van der Waals surface area contributed by atoms with Crippen LogP contribution < -0.4 is 15.4 Å². The van der Waals surface area contributed by atoms with Gasteiger partial charge in [-0.05, 0) is 71.8 Å². The number of nitrogens with zero attached hydrogens (tertiary/aromatic N) is 4. The quantitative estimate of drug-likeness (QED) is 0.126. The van der Waals surface area contributed by atoms with E-state index in [0.717, 1.165) is 5.56 Å². The van der Waals surface area contributed by atoms with E-state index in [1.165, 1.54) is 4.68 Å². The highest BCUT2D eigenvalue weighted by Gasteiger charge is 2.36. The monoisotopic (exact) mass is 699 g/mol. The summed E-state index contributed by atoms with van der Waals surface area (Å²) < 4.78 is 81.0. The van der Waals surface area contributed by atoms with Crippen LogP contribution in [-0.4, -0.2) is 64.5 Å². The van der Waals surface area contributed by atoms with Crippen molar-refractivity contribution in [2.45, 2.75) is 37.0 Å². The molecule has 2 aromatic heterocycles. The van der Waals surface area contributed by atoms with Crippen LogP contribution in [-0.2, 0) is 27.5 Å². The lowest BCUT2D eigenvalue weighted by Gasteiger charge is -2.16. The number of nitrogens with one attached hydrogen (secondary N) is 3. The highest BCUT2D eigenvalue weighted by Crippen LogP contribution is 2.32. The van der Waals surface area contributed by atoms with Gasteiger partial charge >= 0.3 is 12.1 Å². The highest BCUT2D eigenvalue weighted by molar-refractivity contribution is 14.1. The Kier molecular flexibility index (Phi) is 10.0. The number of pyridine rings is 1. The van der Waals surface area contributed by atoms with Crippen molar-refractivity contribution in [1.82, 2.24) is 30.0 Å². The average molecular weight is 699 g/mol. The zero-order valence-electron chi connectivity index (χ0n) is 20.5. The number of halogens is 5. The molecule has 0 aliphatic heterocycles. The second-order valence-corrected chi connectivity index (χ2v) is 11.0. The number of carbonyl (C=O) groups is 2.